The summed E-state index contributed by atoms with van der Waals surface area (Å²) in [7, 11) is 0. The van der Waals surface area contributed by atoms with Crippen molar-refractivity contribution in [3.8, 4) is 0 Å². The summed E-state index contributed by atoms with van der Waals surface area (Å²) in [6.07, 6.45) is -4.81. The molecule has 3 rings (SSSR count). The Kier molecular flexibility index (Phi) is 5.00. The maximum atomic E-state index is 12.4. The molecular formula is C16H18BrF3N4O2. The minimum absolute atomic E-state index is 0.0287. The van der Waals surface area contributed by atoms with Crippen molar-refractivity contribution < 1.29 is 22.8 Å². The lowest BCUT2D eigenvalue weighted by molar-refractivity contribution is -0.153. The molecule has 6 nitrogen and oxygen atoms in total. The van der Waals surface area contributed by atoms with Crippen molar-refractivity contribution in [1.82, 2.24) is 15.6 Å². The average Bonchev–Trinajstić information content (AvgIpc) is 3.08. The molecule has 10 heteroatoms. The number of hydrogen-bond acceptors (Lipinski definition) is 4. The third-order valence-electron chi connectivity index (χ3n) is 4.82. The van der Waals surface area contributed by atoms with Gasteiger partial charge >= 0.3 is 6.18 Å². The predicted octanol–water partition coefficient (Wildman–Crippen LogP) is 2.28. The van der Waals surface area contributed by atoms with Gasteiger partial charge in [0, 0.05) is 18.0 Å². The van der Waals surface area contributed by atoms with Crippen LogP contribution < -0.4 is 16.0 Å². The number of carbonyl (C=O) groups is 2. The zero-order valence-electron chi connectivity index (χ0n) is 13.9. The second kappa shape index (κ2) is 6.80. The Morgan fingerprint density at radius 3 is 2.81 bits per heavy atom. The van der Waals surface area contributed by atoms with E-state index in [4.69, 9.17) is 0 Å². The van der Waals surface area contributed by atoms with Gasteiger partial charge in [-0.1, -0.05) is 6.07 Å². The van der Waals surface area contributed by atoms with Crippen LogP contribution in [-0.2, 0) is 9.59 Å². The van der Waals surface area contributed by atoms with E-state index in [1.54, 1.807) is 6.07 Å². The van der Waals surface area contributed by atoms with Gasteiger partial charge in [-0.05, 0) is 47.3 Å². The van der Waals surface area contributed by atoms with Crippen LogP contribution in [0.1, 0.15) is 24.8 Å². The second-order valence-corrected chi connectivity index (χ2v) is 7.71. The van der Waals surface area contributed by atoms with Gasteiger partial charge < -0.3 is 16.0 Å². The molecule has 142 valence electrons. The number of aromatic nitrogens is 1. The van der Waals surface area contributed by atoms with Crippen molar-refractivity contribution in [2.75, 3.05) is 11.9 Å². The number of rotatable bonds is 5. The Morgan fingerprint density at radius 2 is 2.12 bits per heavy atom. The van der Waals surface area contributed by atoms with Crippen molar-refractivity contribution in [3.05, 3.63) is 22.3 Å². The molecule has 1 aromatic rings. The summed E-state index contributed by atoms with van der Waals surface area (Å²) in [5.41, 5.74) is 0.474. The van der Waals surface area contributed by atoms with Gasteiger partial charge in [0.1, 0.15) is 16.8 Å². The number of nitrogens with one attached hydrogen (secondary N) is 3. The Hall–Kier alpha value is -1.68. The van der Waals surface area contributed by atoms with Gasteiger partial charge in [0.2, 0.25) is 11.8 Å². The molecule has 0 bridgehead atoms. The van der Waals surface area contributed by atoms with E-state index in [9.17, 15) is 22.8 Å². The van der Waals surface area contributed by atoms with E-state index in [1.807, 2.05) is 13.0 Å². The van der Waals surface area contributed by atoms with Crippen molar-refractivity contribution in [2.45, 2.75) is 44.4 Å². The fourth-order valence-corrected chi connectivity index (χ4v) is 3.62. The largest absolute Gasteiger partial charge is 0.397 e. The Morgan fingerprint density at radius 1 is 1.38 bits per heavy atom. The highest BCUT2D eigenvalue weighted by Crippen LogP contribution is 2.54. The average molecular weight is 435 g/mol. The van der Waals surface area contributed by atoms with Crippen LogP contribution in [0.4, 0.5) is 19.0 Å². The van der Waals surface area contributed by atoms with Crippen molar-refractivity contribution in [3.63, 3.8) is 0 Å². The van der Waals surface area contributed by atoms with E-state index in [2.05, 4.69) is 36.9 Å². The summed E-state index contributed by atoms with van der Waals surface area (Å²) in [6, 6.07) is 3.16. The molecule has 2 amide bonds. The molecule has 2 heterocycles. The van der Waals surface area contributed by atoms with Gasteiger partial charge in [0.05, 0.1) is 6.04 Å². The molecule has 1 aromatic heterocycles. The minimum atomic E-state index is -4.52. The van der Waals surface area contributed by atoms with E-state index >= 15 is 0 Å². The first kappa shape index (κ1) is 19.1. The Balaban J connectivity index is 1.53. The third kappa shape index (κ3) is 4.35. The molecule has 2 aliphatic rings. The van der Waals surface area contributed by atoms with Crippen molar-refractivity contribution in [2.24, 2.45) is 5.41 Å². The molecule has 0 radical (unpaired) electrons. The number of amides is 2. The normalized spacial score (nSPS) is 27.0. The number of pyridine rings is 1. The summed E-state index contributed by atoms with van der Waals surface area (Å²) in [4.78, 5) is 28.0. The quantitative estimate of drug-likeness (QED) is 0.620. The van der Waals surface area contributed by atoms with Gasteiger partial charge in [0.25, 0.3) is 0 Å². The number of aryl methyl sites for hydroxylation is 1. The second-order valence-electron chi connectivity index (χ2n) is 6.90. The first-order valence-electron chi connectivity index (χ1n) is 8.11. The minimum Gasteiger partial charge on any atom is -0.355 e. The van der Waals surface area contributed by atoms with Gasteiger partial charge in [-0.15, -0.1) is 0 Å². The van der Waals surface area contributed by atoms with Gasteiger partial charge in [-0.2, -0.15) is 13.2 Å². The van der Waals surface area contributed by atoms with Crippen LogP contribution in [0, 0.1) is 12.3 Å². The highest BCUT2D eigenvalue weighted by atomic mass is 79.9. The fourth-order valence-electron chi connectivity index (χ4n) is 3.31. The monoisotopic (exact) mass is 434 g/mol. The molecule has 0 aromatic carbocycles. The van der Waals surface area contributed by atoms with Crippen LogP contribution in [0.5, 0.6) is 0 Å². The summed E-state index contributed by atoms with van der Waals surface area (Å²) >= 11 is 3.25. The predicted molar refractivity (Wildman–Crippen MR) is 91.4 cm³/mol. The van der Waals surface area contributed by atoms with Crippen LogP contribution in [0.2, 0.25) is 0 Å². The molecule has 1 aliphatic heterocycles. The molecule has 3 unspecified atom stereocenters. The number of halogens is 4. The van der Waals surface area contributed by atoms with Crippen LogP contribution >= 0.6 is 15.9 Å². The van der Waals surface area contributed by atoms with E-state index in [-0.39, 0.29) is 23.9 Å². The first-order chi connectivity index (χ1) is 12.1. The fraction of sp³-hybridized carbons (Fsp3) is 0.562. The molecule has 1 saturated heterocycles. The Labute approximate surface area is 156 Å². The summed E-state index contributed by atoms with van der Waals surface area (Å²) in [5, 5.41) is 8.28. The van der Waals surface area contributed by atoms with E-state index in [1.165, 1.54) is 0 Å². The van der Waals surface area contributed by atoms with Crippen LogP contribution in [0.25, 0.3) is 0 Å². The zero-order valence-corrected chi connectivity index (χ0v) is 15.5. The van der Waals surface area contributed by atoms with E-state index in [0.29, 0.717) is 16.8 Å². The molecule has 3 atom stereocenters. The SMILES string of the molecule is Cc1ccc(Br)nc1NC(=O)C1CC2(CNC(=O)CC(F)(F)F)CC2N1. The first-order valence-corrected chi connectivity index (χ1v) is 8.91. The molecular weight excluding hydrogens is 417 g/mol. The number of anilines is 1. The van der Waals surface area contributed by atoms with Crippen LogP contribution in [-0.4, -0.2) is 41.6 Å². The van der Waals surface area contributed by atoms with E-state index < -0.39 is 24.5 Å². The lowest BCUT2D eigenvalue weighted by atomic mass is 9.99. The lowest BCUT2D eigenvalue weighted by Crippen LogP contribution is -2.38. The highest BCUT2D eigenvalue weighted by Gasteiger charge is 2.61. The summed E-state index contributed by atoms with van der Waals surface area (Å²) < 4.78 is 37.2. The lowest BCUT2D eigenvalue weighted by Gasteiger charge is -2.17. The standard InChI is InChI=1S/C16H18BrF3N4O2/c1-8-2-3-11(17)23-13(8)24-14(26)9-4-15(5-10(15)22-9)7-21-12(25)6-16(18,19)20/h2-3,9-10,22H,4-7H2,1H3,(H,21,25)(H,23,24,26). The van der Waals surface area contributed by atoms with Crippen LogP contribution in [0.3, 0.4) is 0 Å². The molecule has 0 spiro atoms. The van der Waals surface area contributed by atoms with Gasteiger partial charge in [0.15, 0.2) is 0 Å². The number of fused-ring (bicyclic) bond motifs is 1. The highest BCUT2D eigenvalue weighted by molar-refractivity contribution is 9.10. The number of piperidine rings is 1. The molecule has 26 heavy (non-hydrogen) atoms. The third-order valence-corrected chi connectivity index (χ3v) is 5.26. The maximum Gasteiger partial charge on any atom is 0.397 e. The summed E-state index contributed by atoms with van der Waals surface area (Å²) in [5.74, 6) is -0.828. The van der Waals surface area contributed by atoms with Gasteiger partial charge in [-0.3, -0.25) is 9.59 Å². The molecule has 2 fully saturated rings. The van der Waals surface area contributed by atoms with Crippen molar-refractivity contribution >= 4 is 33.6 Å². The van der Waals surface area contributed by atoms with E-state index in [0.717, 1.165) is 12.0 Å². The van der Waals surface area contributed by atoms with Crippen molar-refractivity contribution in [1.29, 1.82) is 0 Å². The Bertz CT molecular complexity index is 743. The number of alkyl halides is 3. The number of nitrogens with zero attached hydrogens (tertiary/aromatic N) is 1. The number of hydrogen-bond donors (Lipinski definition) is 3. The zero-order chi connectivity index (χ0) is 19.1. The molecule has 1 saturated carbocycles. The molecule has 1 aliphatic carbocycles. The van der Waals surface area contributed by atoms with Crippen LogP contribution in [0.15, 0.2) is 16.7 Å². The molecule has 3 N–H and O–H groups in total. The van der Waals surface area contributed by atoms with Gasteiger partial charge in [-0.25, -0.2) is 4.98 Å². The smallest absolute Gasteiger partial charge is 0.355 e. The maximum absolute atomic E-state index is 12.4. The topological polar surface area (TPSA) is 83.1 Å². The number of carbonyl (C=O) groups excluding carboxylic acids is 2. The summed E-state index contributed by atoms with van der Waals surface area (Å²) in [6.45, 7) is 1.96.